The molecule has 0 atom stereocenters. The van der Waals surface area contributed by atoms with Crippen molar-refractivity contribution < 1.29 is 13.2 Å². The van der Waals surface area contributed by atoms with E-state index in [0.717, 1.165) is 16.7 Å². The molecule has 0 saturated heterocycles. The number of hydrogen-bond acceptors (Lipinski definition) is 3. The van der Waals surface area contributed by atoms with Gasteiger partial charge < -0.3 is 4.74 Å². The van der Waals surface area contributed by atoms with Gasteiger partial charge >= 0.3 is 0 Å². The van der Waals surface area contributed by atoms with Gasteiger partial charge in [-0.2, -0.15) is 0 Å². The first-order valence-electron chi connectivity index (χ1n) is 6.89. The Balaban J connectivity index is 3.40. The molecule has 0 N–H and O–H groups in total. The molecule has 1 aromatic carbocycles. The van der Waals surface area contributed by atoms with E-state index in [-0.39, 0.29) is 11.4 Å². The first kappa shape index (κ1) is 17.0. The van der Waals surface area contributed by atoms with E-state index in [4.69, 9.17) is 4.74 Å². The summed E-state index contributed by atoms with van der Waals surface area (Å²) in [6.45, 7) is 12.1. The normalized spacial score (nSPS) is 12.8. The Bertz CT molecular complexity index is 578. The van der Waals surface area contributed by atoms with Crippen LogP contribution >= 0.6 is 0 Å². The molecule has 0 amide bonds. The molecule has 0 aromatic heterocycles. The van der Waals surface area contributed by atoms with Crippen molar-refractivity contribution in [3.8, 4) is 5.75 Å². The summed E-state index contributed by atoms with van der Waals surface area (Å²) in [7, 11) is -3.09. The predicted molar refractivity (Wildman–Crippen MR) is 84.2 cm³/mol. The molecule has 114 valence electrons. The highest BCUT2D eigenvalue weighted by Crippen LogP contribution is 2.32. The highest BCUT2D eigenvalue weighted by Gasteiger charge is 2.20. The van der Waals surface area contributed by atoms with E-state index in [1.165, 1.54) is 6.26 Å². The average Bonchev–Trinajstić information content (AvgIpc) is 2.18. The Hall–Kier alpha value is -1.03. The standard InChI is InChI=1S/C16H26O3S/c1-11(2)13-8-12(3)15(19-16(4,5)6)14(9-13)10-20(7,17)18/h8-9,11H,10H2,1-7H3. The van der Waals surface area contributed by atoms with Crippen LogP contribution in [0.25, 0.3) is 0 Å². The van der Waals surface area contributed by atoms with E-state index in [1.54, 1.807) is 0 Å². The lowest BCUT2D eigenvalue weighted by atomic mass is 9.97. The fourth-order valence-electron chi connectivity index (χ4n) is 2.05. The predicted octanol–water partition coefficient (Wildman–Crippen LogP) is 3.84. The molecule has 0 radical (unpaired) electrons. The lowest BCUT2D eigenvalue weighted by Gasteiger charge is -2.25. The van der Waals surface area contributed by atoms with Crippen molar-refractivity contribution in [3.05, 3.63) is 28.8 Å². The zero-order valence-corrected chi connectivity index (χ0v) is 14.4. The second-order valence-electron chi connectivity index (χ2n) is 6.77. The van der Waals surface area contributed by atoms with Crippen LogP contribution in [0.5, 0.6) is 5.75 Å². The smallest absolute Gasteiger partial charge is 0.151 e. The highest BCUT2D eigenvalue weighted by atomic mass is 32.2. The van der Waals surface area contributed by atoms with E-state index < -0.39 is 9.84 Å². The van der Waals surface area contributed by atoms with Crippen LogP contribution in [0, 0.1) is 6.92 Å². The largest absolute Gasteiger partial charge is 0.488 e. The fraction of sp³-hybridized carbons (Fsp3) is 0.625. The van der Waals surface area contributed by atoms with Crippen LogP contribution in [0.2, 0.25) is 0 Å². The molecular weight excluding hydrogens is 272 g/mol. The van der Waals surface area contributed by atoms with Crippen molar-refractivity contribution in [1.29, 1.82) is 0 Å². The molecule has 0 aliphatic carbocycles. The van der Waals surface area contributed by atoms with Gasteiger partial charge in [-0.3, -0.25) is 0 Å². The van der Waals surface area contributed by atoms with Crippen LogP contribution in [-0.2, 0) is 15.6 Å². The van der Waals surface area contributed by atoms with Crippen molar-refractivity contribution >= 4 is 9.84 Å². The van der Waals surface area contributed by atoms with E-state index >= 15 is 0 Å². The van der Waals surface area contributed by atoms with Gasteiger partial charge in [0.15, 0.2) is 9.84 Å². The summed E-state index contributed by atoms with van der Waals surface area (Å²) in [5.41, 5.74) is 2.54. The van der Waals surface area contributed by atoms with Gasteiger partial charge in [-0.15, -0.1) is 0 Å². The van der Waals surface area contributed by atoms with Gasteiger partial charge in [-0.25, -0.2) is 8.42 Å². The third kappa shape index (κ3) is 5.16. The molecule has 0 unspecified atom stereocenters. The summed E-state index contributed by atoms with van der Waals surface area (Å²) in [6.07, 6.45) is 1.26. The minimum absolute atomic E-state index is 0.0137. The third-order valence-corrected chi connectivity index (χ3v) is 3.70. The lowest BCUT2D eigenvalue weighted by molar-refractivity contribution is 0.128. The number of hydrogen-bond donors (Lipinski definition) is 0. The molecule has 0 heterocycles. The second kappa shape index (κ2) is 5.76. The molecule has 0 fully saturated rings. The van der Waals surface area contributed by atoms with Crippen LogP contribution in [0.4, 0.5) is 0 Å². The summed E-state index contributed by atoms with van der Waals surface area (Å²) in [4.78, 5) is 0. The van der Waals surface area contributed by atoms with Crippen molar-refractivity contribution in [2.45, 2.75) is 58.8 Å². The van der Waals surface area contributed by atoms with Gasteiger partial charge in [0.25, 0.3) is 0 Å². The molecule has 0 aliphatic heterocycles. The molecule has 1 rings (SSSR count). The Labute approximate surface area is 123 Å². The van der Waals surface area contributed by atoms with E-state index in [0.29, 0.717) is 11.7 Å². The summed E-state index contributed by atoms with van der Waals surface area (Å²) in [5, 5.41) is 0. The molecule has 1 aromatic rings. The lowest BCUT2D eigenvalue weighted by Crippen LogP contribution is -2.24. The zero-order valence-electron chi connectivity index (χ0n) is 13.6. The average molecular weight is 298 g/mol. The molecule has 4 heteroatoms. The van der Waals surface area contributed by atoms with Crippen LogP contribution < -0.4 is 4.74 Å². The van der Waals surface area contributed by atoms with Gasteiger partial charge in [0.2, 0.25) is 0 Å². The highest BCUT2D eigenvalue weighted by molar-refractivity contribution is 7.89. The minimum Gasteiger partial charge on any atom is -0.488 e. The Kier molecular flexibility index (Phi) is 4.90. The molecule has 3 nitrogen and oxygen atoms in total. The van der Waals surface area contributed by atoms with Gasteiger partial charge in [-0.1, -0.05) is 26.0 Å². The monoisotopic (exact) mass is 298 g/mol. The topological polar surface area (TPSA) is 43.4 Å². The first-order chi connectivity index (χ1) is 8.89. The third-order valence-electron chi connectivity index (χ3n) is 2.87. The summed E-state index contributed by atoms with van der Waals surface area (Å²) >= 11 is 0. The number of benzene rings is 1. The SMILES string of the molecule is Cc1cc(C(C)C)cc(CS(C)(=O)=O)c1OC(C)(C)C. The Morgan fingerprint density at radius 3 is 2.15 bits per heavy atom. The van der Waals surface area contributed by atoms with Crippen LogP contribution in [-0.4, -0.2) is 20.3 Å². The van der Waals surface area contributed by atoms with Crippen molar-refractivity contribution in [1.82, 2.24) is 0 Å². The van der Waals surface area contributed by atoms with E-state index in [1.807, 2.05) is 33.8 Å². The maximum Gasteiger partial charge on any atom is 0.151 e. The van der Waals surface area contributed by atoms with Gasteiger partial charge in [0.05, 0.1) is 5.75 Å². The van der Waals surface area contributed by atoms with Gasteiger partial charge in [0.1, 0.15) is 11.4 Å². The number of rotatable bonds is 4. The summed E-state index contributed by atoms with van der Waals surface area (Å²) in [5.74, 6) is 1.07. The number of ether oxygens (including phenoxy) is 1. The first-order valence-corrected chi connectivity index (χ1v) is 8.95. The van der Waals surface area contributed by atoms with Crippen LogP contribution in [0.3, 0.4) is 0 Å². The number of sulfone groups is 1. The van der Waals surface area contributed by atoms with Gasteiger partial charge in [0, 0.05) is 11.8 Å². The van der Waals surface area contributed by atoms with Crippen molar-refractivity contribution in [2.24, 2.45) is 0 Å². The Morgan fingerprint density at radius 2 is 1.75 bits per heavy atom. The molecule has 20 heavy (non-hydrogen) atoms. The quantitative estimate of drug-likeness (QED) is 0.848. The van der Waals surface area contributed by atoms with E-state index in [9.17, 15) is 8.42 Å². The second-order valence-corrected chi connectivity index (χ2v) is 8.91. The minimum atomic E-state index is -3.09. The van der Waals surface area contributed by atoms with Crippen molar-refractivity contribution in [2.75, 3.05) is 6.26 Å². The zero-order chi connectivity index (χ0) is 15.7. The van der Waals surface area contributed by atoms with E-state index in [2.05, 4.69) is 19.9 Å². The van der Waals surface area contributed by atoms with Crippen LogP contribution in [0.15, 0.2) is 12.1 Å². The maximum atomic E-state index is 11.7. The molecule has 0 spiro atoms. The molecule has 0 saturated carbocycles. The molecular formula is C16H26O3S. The maximum absolute atomic E-state index is 11.7. The summed E-state index contributed by atoms with van der Waals surface area (Å²) in [6, 6.07) is 4.04. The summed E-state index contributed by atoms with van der Waals surface area (Å²) < 4.78 is 29.3. The Morgan fingerprint density at radius 1 is 1.20 bits per heavy atom. The fourth-order valence-corrected chi connectivity index (χ4v) is 2.83. The van der Waals surface area contributed by atoms with Gasteiger partial charge in [-0.05, 0) is 44.7 Å². The molecule has 0 aliphatic rings. The molecule has 0 bridgehead atoms. The van der Waals surface area contributed by atoms with Crippen molar-refractivity contribution in [3.63, 3.8) is 0 Å². The number of aryl methyl sites for hydroxylation is 1. The van der Waals surface area contributed by atoms with Crippen LogP contribution in [0.1, 0.15) is 57.2 Å².